The molecule has 0 aliphatic carbocycles. The minimum atomic E-state index is -0.893. The zero-order chi connectivity index (χ0) is 20.8. The van der Waals surface area contributed by atoms with Crippen molar-refractivity contribution in [3.05, 3.63) is 70.7 Å². The molecule has 0 radical (unpaired) electrons. The Hall–Kier alpha value is -2.96. The maximum atomic E-state index is 12.1. The summed E-state index contributed by atoms with van der Waals surface area (Å²) in [6.45, 7) is 1.27. The topological polar surface area (TPSA) is 76.7 Å². The molecule has 0 bridgehead atoms. The molecule has 1 atom stereocenters. The third kappa shape index (κ3) is 5.76. The molecule has 2 amide bonds. The number of nitrogens with one attached hydrogen (secondary N) is 2. The largest absolute Gasteiger partial charge is 0.484 e. The molecule has 0 aliphatic rings. The van der Waals surface area contributed by atoms with Gasteiger partial charge in [-0.05, 0) is 48.0 Å². The average molecular weight is 433 g/mol. The Bertz CT molecular complexity index is 1040. The molecule has 3 rings (SSSR count). The lowest BCUT2D eigenvalue weighted by atomic mass is 10.1. The maximum absolute atomic E-state index is 12.1. The molecule has 29 heavy (non-hydrogen) atoms. The molecule has 150 valence electrons. The Labute approximate surface area is 177 Å². The van der Waals surface area contributed by atoms with E-state index in [-0.39, 0.29) is 11.6 Å². The molecule has 3 aromatic rings. The summed E-state index contributed by atoms with van der Waals surface area (Å²) in [5.41, 5.74) is 4.57. The number of hydrogen-bond acceptors (Lipinski definition) is 4. The monoisotopic (exact) mass is 432 g/mol. The van der Waals surface area contributed by atoms with E-state index < -0.39 is 17.9 Å². The van der Waals surface area contributed by atoms with E-state index in [2.05, 4.69) is 10.9 Å². The van der Waals surface area contributed by atoms with E-state index in [9.17, 15) is 9.59 Å². The van der Waals surface area contributed by atoms with Crippen LogP contribution in [0, 0.1) is 0 Å². The van der Waals surface area contributed by atoms with Gasteiger partial charge in [0.1, 0.15) is 11.5 Å². The summed E-state index contributed by atoms with van der Waals surface area (Å²) < 4.78 is 10.9. The van der Waals surface area contributed by atoms with Crippen LogP contribution in [0.25, 0.3) is 10.8 Å². The quantitative estimate of drug-likeness (QED) is 0.573. The van der Waals surface area contributed by atoms with Gasteiger partial charge in [-0.2, -0.15) is 0 Å². The first-order chi connectivity index (χ1) is 13.9. The first-order valence-electron chi connectivity index (χ1n) is 8.74. The lowest BCUT2D eigenvalue weighted by Crippen LogP contribution is -2.48. The number of carbonyl (C=O) groups is 2. The van der Waals surface area contributed by atoms with Gasteiger partial charge in [-0.15, -0.1) is 0 Å². The fourth-order valence-electron chi connectivity index (χ4n) is 2.49. The molecule has 2 N–H and O–H groups in total. The van der Waals surface area contributed by atoms with Crippen LogP contribution in [0.15, 0.2) is 60.7 Å². The van der Waals surface area contributed by atoms with Crippen molar-refractivity contribution in [3.63, 3.8) is 0 Å². The van der Waals surface area contributed by atoms with Gasteiger partial charge in [0.2, 0.25) is 0 Å². The van der Waals surface area contributed by atoms with Crippen molar-refractivity contribution in [1.82, 2.24) is 10.9 Å². The van der Waals surface area contributed by atoms with Gasteiger partial charge in [0.25, 0.3) is 11.8 Å². The van der Waals surface area contributed by atoms with E-state index in [1.54, 1.807) is 18.2 Å². The van der Waals surface area contributed by atoms with Crippen LogP contribution in [0.5, 0.6) is 11.5 Å². The Kier molecular flexibility index (Phi) is 6.80. The summed E-state index contributed by atoms with van der Waals surface area (Å²) in [7, 11) is 0. The lowest BCUT2D eigenvalue weighted by Gasteiger charge is -2.16. The summed E-state index contributed by atoms with van der Waals surface area (Å²) in [5.74, 6) is -0.192. The third-order valence-corrected chi connectivity index (χ3v) is 4.51. The summed E-state index contributed by atoms with van der Waals surface area (Å²) in [5, 5.41) is 2.82. The van der Waals surface area contributed by atoms with Crippen LogP contribution < -0.4 is 20.3 Å². The van der Waals surface area contributed by atoms with Gasteiger partial charge < -0.3 is 9.47 Å². The smallest absolute Gasteiger partial charge is 0.279 e. The standard InChI is InChI=1S/C21H18Cl2N2O4/c1-13(29-19-9-7-16(22)11-18(19)23)21(27)25-24-20(26)12-28-17-8-6-14-4-2-3-5-15(14)10-17/h2-11,13H,12H2,1H3,(H,24,26)(H,25,27)/t13-/m0/s1. The highest BCUT2D eigenvalue weighted by Gasteiger charge is 2.17. The normalized spacial score (nSPS) is 11.6. The number of halogens is 2. The molecule has 0 unspecified atom stereocenters. The van der Waals surface area contributed by atoms with Gasteiger partial charge in [-0.25, -0.2) is 0 Å². The van der Waals surface area contributed by atoms with Gasteiger partial charge in [0, 0.05) is 5.02 Å². The predicted octanol–water partition coefficient (Wildman–Crippen LogP) is 4.14. The molecule has 0 aliphatic heterocycles. The van der Waals surface area contributed by atoms with Gasteiger partial charge in [0.05, 0.1) is 5.02 Å². The molecular formula is C21H18Cl2N2O4. The summed E-state index contributed by atoms with van der Waals surface area (Å²) in [4.78, 5) is 24.0. The zero-order valence-electron chi connectivity index (χ0n) is 15.4. The molecule has 0 aromatic heterocycles. The number of rotatable bonds is 6. The van der Waals surface area contributed by atoms with Gasteiger partial charge in [-0.1, -0.05) is 53.5 Å². The second-order valence-corrected chi connectivity index (χ2v) is 7.01. The molecule has 0 saturated carbocycles. The highest BCUT2D eigenvalue weighted by Crippen LogP contribution is 2.28. The SMILES string of the molecule is C[C@H](Oc1ccc(Cl)cc1Cl)C(=O)NNC(=O)COc1ccc2ccccc2c1. The number of fused-ring (bicyclic) bond motifs is 1. The number of carbonyl (C=O) groups excluding carboxylic acids is 2. The zero-order valence-corrected chi connectivity index (χ0v) is 17.0. The predicted molar refractivity (Wildman–Crippen MR) is 112 cm³/mol. The molecule has 6 nitrogen and oxygen atoms in total. The summed E-state index contributed by atoms with van der Waals surface area (Å²) in [6, 6.07) is 18.0. The Morgan fingerprint density at radius 1 is 0.966 bits per heavy atom. The van der Waals surface area contributed by atoms with E-state index in [4.69, 9.17) is 32.7 Å². The summed E-state index contributed by atoms with van der Waals surface area (Å²) in [6.07, 6.45) is -0.893. The molecular weight excluding hydrogens is 415 g/mol. The number of hydrazine groups is 1. The van der Waals surface area contributed by atoms with Crippen molar-refractivity contribution in [2.75, 3.05) is 6.61 Å². The van der Waals surface area contributed by atoms with Crippen molar-refractivity contribution in [2.45, 2.75) is 13.0 Å². The first kappa shape index (κ1) is 20.8. The summed E-state index contributed by atoms with van der Waals surface area (Å²) >= 11 is 11.8. The van der Waals surface area contributed by atoms with E-state index in [1.165, 1.54) is 13.0 Å². The van der Waals surface area contributed by atoms with E-state index in [0.29, 0.717) is 16.5 Å². The van der Waals surface area contributed by atoms with Gasteiger partial charge in [-0.3, -0.25) is 20.4 Å². The fraction of sp³-hybridized carbons (Fsp3) is 0.143. The van der Waals surface area contributed by atoms with Crippen LogP contribution in [-0.2, 0) is 9.59 Å². The molecule has 0 heterocycles. The van der Waals surface area contributed by atoms with Crippen molar-refractivity contribution in [1.29, 1.82) is 0 Å². The molecule has 0 spiro atoms. The van der Waals surface area contributed by atoms with E-state index >= 15 is 0 Å². The fourth-order valence-corrected chi connectivity index (χ4v) is 2.94. The Balaban J connectivity index is 1.45. The molecule has 8 heteroatoms. The van der Waals surface area contributed by atoms with Crippen LogP contribution in [0.1, 0.15) is 6.92 Å². The second kappa shape index (κ2) is 9.49. The van der Waals surface area contributed by atoms with Crippen LogP contribution in [-0.4, -0.2) is 24.5 Å². The highest BCUT2D eigenvalue weighted by molar-refractivity contribution is 6.35. The average Bonchev–Trinajstić information content (AvgIpc) is 2.72. The number of benzene rings is 3. The third-order valence-electron chi connectivity index (χ3n) is 3.98. The minimum Gasteiger partial charge on any atom is -0.484 e. The van der Waals surface area contributed by atoms with Crippen LogP contribution in [0.2, 0.25) is 10.0 Å². The van der Waals surface area contributed by atoms with Gasteiger partial charge >= 0.3 is 0 Å². The molecule has 0 saturated heterocycles. The van der Waals surface area contributed by atoms with Gasteiger partial charge in [0.15, 0.2) is 12.7 Å². The van der Waals surface area contributed by atoms with E-state index in [0.717, 1.165) is 10.8 Å². The highest BCUT2D eigenvalue weighted by atomic mass is 35.5. The van der Waals surface area contributed by atoms with Crippen molar-refractivity contribution >= 4 is 45.8 Å². The van der Waals surface area contributed by atoms with Crippen LogP contribution in [0.3, 0.4) is 0 Å². The molecule has 0 fully saturated rings. The first-order valence-corrected chi connectivity index (χ1v) is 9.50. The van der Waals surface area contributed by atoms with Crippen molar-refractivity contribution in [3.8, 4) is 11.5 Å². The van der Waals surface area contributed by atoms with Crippen LogP contribution in [0.4, 0.5) is 0 Å². The Morgan fingerprint density at radius 3 is 2.48 bits per heavy atom. The Morgan fingerprint density at radius 2 is 1.72 bits per heavy atom. The van der Waals surface area contributed by atoms with E-state index in [1.807, 2.05) is 36.4 Å². The number of ether oxygens (including phenoxy) is 2. The second-order valence-electron chi connectivity index (χ2n) is 6.17. The van der Waals surface area contributed by atoms with Crippen molar-refractivity contribution < 1.29 is 19.1 Å². The number of hydrogen-bond donors (Lipinski definition) is 2. The van der Waals surface area contributed by atoms with Crippen molar-refractivity contribution in [2.24, 2.45) is 0 Å². The lowest BCUT2D eigenvalue weighted by molar-refractivity contribution is -0.133. The number of amides is 2. The molecule has 3 aromatic carbocycles. The minimum absolute atomic E-state index is 0.253. The van der Waals surface area contributed by atoms with Crippen LogP contribution >= 0.6 is 23.2 Å². The maximum Gasteiger partial charge on any atom is 0.279 e.